The van der Waals surface area contributed by atoms with Crippen LogP contribution in [0, 0.1) is 5.82 Å². The van der Waals surface area contributed by atoms with Crippen molar-refractivity contribution >= 4 is 40.6 Å². The second-order valence-corrected chi connectivity index (χ2v) is 8.39. The third kappa shape index (κ3) is 5.61. The predicted molar refractivity (Wildman–Crippen MR) is 131 cm³/mol. The highest BCUT2D eigenvalue weighted by Crippen LogP contribution is 2.29. The summed E-state index contributed by atoms with van der Waals surface area (Å²) in [5.74, 6) is -0.989. The maximum atomic E-state index is 14.4. The van der Waals surface area contributed by atoms with Crippen LogP contribution < -0.4 is 16.4 Å². The summed E-state index contributed by atoms with van der Waals surface area (Å²) in [6.45, 7) is 3.61. The first-order valence-electron chi connectivity index (χ1n) is 10.9. The van der Waals surface area contributed by atoms with Crippen LogP contribution in [0.5, 0.6) is 0 Å². The number of fused-ring (bicyclic) bond motifs is 1. The van der Waals surface area contributed by atoms with E-state index in [-0.39, 0.29) is 28.0 Å². The summed E-state index contributed by atoms with van der Waals surface area (Å²) in [7, 11) is 1.72. The number of carbonyl (C=O) groups excluding carboxylic acids is 1. The van der Waals surface area contributed by atoms with Crippen LogP contribution in [0.25, 0.3) is 0 Å². The van der Waals surface area contributed by atoms with E-state index in [1.807, 2.05) is 6.07 Å². The van der Waals surface area contributed by atoms with Crippen LogP contribution in [-0.4, -0.2) is 54.1 Å². The van der Waals surface area contributed by atoms with Crippen molar-refractivity contribution in [2.24, 2.45) is 5.73 Å². The van der Waals surface area contributed by atoms with Crippen molar-refractivity contribution in [1.29, 1.82) is 0 Å². The molecule has 0 aliphatic carbocycles. The number of hydrogen-bond donors (Lipinski definition) is 3. The second-order valence-electron chi connectivity index (χ2n) is 7.98. The summed E-state index contributed by atoms with van der Waals surface area (Å²) in [4.78, 5) is 22.7. The molecule has 0 saturated carbocycles. The number of hydrogen-bond acceptors (Lipinski definition) is 7. The lowest BCUT2D eigenvalue weighted by molar-refractivity contribution is 0.100. The number of primary amides is 1. The van der Waals surface area contributed by atoms with E-state index in [9.17, 15) is 9.18 Å². The van der Waals surface area contributed by atoms with Gasteiger partial charge < -0.3 is 26.0 Å². The average molecular weight is 485 g/mol. The molecule has 2 aromatic carbocycles. The van der Waals surface area contributed by atoms with Gasteiger partial charge in [0.05, 0.1) is 24.1 Å². The van der Waals surface area contributed by atoms with Gasteiger partial charge in [-0.3, -0.25) is 4.79 Å². The highest BCUT2D eigenvalue weighted by Gasteiger charge is 2.17. The molecule has 10 heteroatoms. The van der Waals surface area contributed by atoms with Crippen LogP contribution in [0.4, 0.5) is 27.5 Å². The molecule has 0 fully saturated rings. The zero-order valence-electron chi connectivity index (χ0n) is 18.8. The van der Waals surface area contributed by atoms with Crippen LogP contribution in [0.3, 0.4) is 0 Å². The fourth-order valence-electron chi connectivity index (χ4n) is 3.91. The van der Waals surface area contributed by atoms with E-state index in [1.54, 1.807) is 7.11 Å². The molecule has 2 heterocycles. The van der Waals surface area contributed by atoms with Crippen LogP contribution in [-0.2, 0) is 17.6 Å². The van der Waals surface area contributed by atoms with Crippen molar-refractivity contribution in [3.63, 3.8) is 0 Å². The summed E-state index contributed by atoms with van der Waals surface area (Å²) in [6.07, 6.45) is 3.32. The van der Waals surface area contributed by atoms with Crippen molar-refractivity contribution in [2.45, 2.75) is 12.8 Å². The number of nitrogens with two attached hydrogens (primary N) is 1. The topological polar surface area (TPSA) is 105 Å². The Hall–Kier alpha value is -3.27. The van der Waals surface area contributed by atoms with E-state index < -0.39 is 11.7 Å². The molecule has 1 aliphatic heterocycles. The van der Waals surface area contributed by atoms with Crippen molar-refractivity contribution in [3.8, 4) is 0 Å². The molecular weight excluding hydrogens is 459 g/mol. The number of methoxy groups -OCH3 is 1. The Morgan fingerprint density at radius 1 is 1.21 bits per heavy atom. The molecule has 1 amide bonds. The summed E-state index contributed by atoms with van der Waals surface area (Å²) in [6, 6.07) is 10.2. The number of amides is 1. The lowest BCUT2D eigenvalue weighted by atomic mass is 10.0. The summed E-state index contributed by atoms with van der Waals surface area (Å²) >= 11 is 6.23. The van der Waals surface area contributed by atoms with Crippen LogP contribution in [0.2, 0.25) is 5.02 Å². The van der Waals surface area contributed by atoms with Gasteiger partial charge in [-0.25, -0.2) is 9.37 Å². The monoisotopic (exact) mass is 484 g/mol. The van der Waals surface area contributed by atoms with E-state index in [4.69, 9.17) is 22.1 Å². The van der Waals surface area contributed by atoms with Crippen LogP contribution in [0.15, 0.2) is 42.6 Å². The molecule has 1 aromatic heterocycles. The maximum absolute atomic E-state index is 14.4. The highest BCUT2D eigenvalue weighted by molar-refractivity contribution is 6.33. The number of anilines is 4. The van der Waals surface area contributed by atoms with Gasteiger partial charge >= 0.3 is 0 Å². The standard InChI is InChI=1S/C24H26ClFN6O2/c1-34-12-11-32-9-7-15-5-6-17(13-16(15)8-10-32)29-24-28-14-19(25)23(31-24)30-21-18(22(27)33)3-2-4-20(21)26/h2-6,13-14H,7-12H2,1H3,(H2,27,33)(H2,28,29,30,31). The number of nitrogens with zero attached hydrogens (tertiary/aromatic N) is 3. The Balaban J connectivity index is 1.52. The number of halogens is 2. The van der Waals surface area contributed by atoms with Crippen LogP contribution in [0.1, 0.15) is 21.5 Å². The predicted octanol–water partition coefficient (Wildman–Crippen LogP) is 3.90. The minimum atomic E-state index is -0.767. The Labute approximate surface area is 202 Å². The maximum Gasteiger partial charge on any atom is 0.250 e. The number of nitrogens with one attached hydrogen (secondary N) is 2. The molecule has 178 valence electrons. The van der Waals surface area contributed by atoms with Gasteiger partial charge in [0.25, 0.3) is 5.91 Å². The number of aromatic nitrogens is 2. The van der Waals surface area contributed by atoms with Gasteiger partial charge in [0, 0.05) is 32.4 Å². The number of carbonyl (C=O) groups is 1. The van der Waals surface area contributed by atoms with E-state index in [2.05, 4.69) is 37.6 Å². The fraction of sp³-hybridized carbons (Fsp3) is 0.292. The summed E-state index contributed by atoms with van der Waals surface area (Å²) in [5.41, 5.74) is 8.71. The molecule has 0 atom stereocenters. The van der Waals surface area contributed by atoms with E-state index in [1.165, 1.54) is 35.5 Å². The smallest absolute Gasteiger partial charge is 0.250 e. The van der Waals surface area contributed by atoms with E-state index in [0.29, 0.717) is 0 Å². The Bertz CT molecular complexity index is 1190. The molecule has 0 spiro atoms. The summed E-state index contributed by atoms with van der Waals surface area (Å²) < 4.78 is 19.6. The lowest BCUT2D eigenvalue weighted by Crippen LogP contribution is -2.29. The fourth-order valence-corrected chi connectivity index (χ4v) is 4.05. The third-order valence-electron chi connectivity index (χ3n) is 5.74. The minimum absolute atomic E-state index is 0.00511. The zero-order valence-corrected chi connectivity index (χ0v) is 19.5. The van der Waals surface area contributed by atoms with Crippen LogP contribution >= 0.6 is 11.6 Å². The second kappa shape index (κ2) is 10.8. The molecule has 34 heavy (non-hydrogen) atoms. The molecule has 8 nitrogen and oxygen atoms in total. The largest absolute Gasteiger partial charge is 0.383 e. The Kier molecular flexibility index (Phi) is 7.56. The zero-order chi connectivity index (χ0) is 24.1. The van der Waals surface area contributed by atoms with Gasteiger partial charge in [-0.1, -0.05) is 23.7 Å². The normalized spacial score (nSPS) is 13.7. The van der Waals surface area contributed by atoms with Gasteiger partial charge in [0.15, 0.2) is 5.82 Å². The molecule has 0 bridgehead atoms. The van der Waals surface area contributed by atoms with Crippen molar-refractivity contribution in [1.82, 2.24) is 14.9 Å². The first kappa shape index (κ1) is 23.9. The Morgan fingerprint density at radius 3 is 2.76 bits per heavy atom. The molecule has 0 saturated heterocycles. The SMILES string of the molecule is COCCN1CCc2ccc(Nc3ncc(Cl)c(Nc4c(F)cccc4C(N)=O)n3)cc2CC1. The van der Waals surface area contributed by atoms with E-state index >= 15 is 0 Å². The molecule has 4 N–H and O–H groups in total. The van der Waals surface area contributed by atoms with Gasteiger partial charge in [0.1, 0.15) is 10.8 Å². The van der Waals surface area contributed by atoms with Gasteiger partial charge in [-0.2, -0.15) is 4.98 Å². The first-order valence-corrected chi connectivity index (χ1v) is 11.3. The van der Waals surface area contributed by atoms with Gasteiger partial charge in [0.2, 0.25) is 5.95 Å². The first-order chi connectivity index (χ1) is 16.4. The molecular formula is C24H26ClFN6O2. The molecule has 0 radical (unpaired) electrons. The molecule has 0 unspecified atom stereocenters. The number of para-hydroxylation sites is 1. The van der Waals surface area contributed by atoms with Crippen molar-refractivity contribution in [3.05, 3.63) is 70.1 Å². The molecule has 1 aliphatic rings. The highest BCUT2D eigenvalue weighted by atomic mass is 35.5. The van der Waals surface area contributed by atoms with Gasteiger partial charge in [-0.15, -0.1) is 0 Å². The third-order valence-corrected chi connectivity index (χ3v) is 6.01. The van der Waals surface area contributed by atoms with Gasteiger partial charge in [-0.05, 0) is 48.2 Å². The van der Waals surface area contributed by atoms with Crippen molar-refractivity contribution < 1.29 is 13.9 Å². The average Bonchev–Trinajstić information content (AvgIpc) is 3.03. The number of benzene rings is 2. The molecule has 3 aromatic rings. The quantitative estimate of drug-likeness (QED) is 0.445. The van der Waals surface area contributed by atoms with E-state index in [0.717, 1.165) is 44.8 Å². The Morgan fingerprint density at radius 2 is 2.00 bits per heavy atom. The number of rotatable bonds is 8. The summed E-state index contributed by atoms with van der Waals surface area (Å²) in [5, 5.41) is 6.14. The van der Waals surface area contributed by atoms with Crippen molar-refractivity contribution in [2.75, 3.05) is 44.0 Å². The lowest BCUT2D eigenvalue weighted by Gasteiger charge is -2.18. The minimum Gasteiger partial charge on any atom is -0.383 e. The molecule has 4 rings (SSSR count). The number of ether oxygens (including phenoxy) is 1.